The lowest BCUT2D eigenvalue weighted by Gasteiger charge is -2.42. The molecule has 2 fully saturated rings. The quantitative estimate of drug-likeness (QED) is 0.684. The van der Waals surface area contributed by atoms with Gasteiger partial charge in [0.05, 0.1) is 13.2 Å². The molecule has 2 rings (SSSR count). The predicted molar refractivity (Wildman–Crippen MR) is 62.1 cm³/mol. The van der Waals surface area contributed by atoms with Crippen molar-refractivity contribution in [2.45, 2.75) is 38.8 Å². The second-order valence-electron chi connectivity index (χ2n) is 5.03. The normalized spacial score (nSPS) is 31.0. The van der Waals surface area contributed by atoms with Crippen LogP contribution in [0.15, 0.2) is 0 Å². The van der Waals surface area contributed by atoms with E-state index in [9.17, 15) is 0 Å². The van der Waals surface area contributed by atoms with E-state index in [4.69, 9.17) is 4.74 Å². The van der Waals surface area contributed by atoms with Crippen LogP contribution < -0.4 is 0 Å². The summed E-state index contributed by atoms with van der Waals surface area (Å²) in [6, 6.07) is 1.49. The van der Waals surface area contributed by atoms with Gasteiger partial charge in [0.2, 0.25) is 0 Å². The zero-order valence-corrected chi connectivity index (χ0v) is 10.1. The van der Waals surface area contributed by atoms with Gasteiger partial charge in [-0.3, -0.25) is 9.80 Å². The van der Waals surface area contributed by atoms with E-state index in [0.717, 1.165) is 32.3 Å². The van der Waals surface area contributed by atoms with Crippen molar-refractivity contribution in [1.29, 1.82) is 0 Å². The molecule has 2 saturated heterocycles. The molecule has 0 aromatic rings. The molecule has 0 saturated carbocycles. The van der Waals surface area contributed by atoms with Crippen LogP contribution in [0, 0.1) is 0 Å². The fraction of sp³-hybridized carbons (Fsp3) is 1.00. The highest BCUT2D eigenvalue weighted by molar-refractivity contribution is 4.83. The highest BCUT2D eigenvalue weighted by atomic mass is 16.5. The van der Waals surface area contributed by atoms with Crippen molar-refractivity contribution in [2.24, 2.45) is 0 Å². The molecule has 2 aliphatic rings. The van der Waals surface area contributed by atoms with E-state index in [2.05, 4.69) is 23.6 Å². The number of piperidine rings is 1. The number of likely N-dealkylation sites (tertiary alicyclic amines) is 1. The first-order valence-electron chi connectivity index (χ1n) is 6.33. The van der Waals surface area contributed by atoms with Crippen LogP contribution in [0.1, 0.15) is 26.7 Å². The summed E-state index contributed by atoms with van der Waals surface area (Å²) >= 11 is 0. The Morgan fingerprint density at radius 2 is 1.87 bits per heavy atom. The molecule has 2 aliphatic heterocycles. The van der Waals surface area contributed by atoms with Crippen molar-refractivity contribution in [3.8, 4) is 0 Å². The van der Waals surface area contributed by atoms with Crippen molar-refractivity contribution in [1.82, 2.24) is 9.80 Å². The number of hydrogen-bond donors (Lipinski definition) is 0. The Balaban J connectivity index is 1.85. The lowest BCUT2D eigenvalue weighted by Crippen LogP contribution is -2.52. The first-order valence-corrected chi connectivity index (χ1v) is 6.33. The minimum atomic E-state index is 0.703. The van der Waals surface area contributed by atoms with Crippen LogP contribution in [-0.2, 0) is 4.74 Å². The maximum atomic E-state index is 5.41. The molecule has 0 unspecified atom stereocenters. The Morgan fingerprint density at radius 3 is 2.53 bits per heavy atom. The number of morpholine rings is 1. The number of nitrogens with zero attached hydrogens (tertiary/aromatic N) is 2. The maximum absolute atomic E-state index is 5.41. The van der Waals surface area contributed by atoms with Crippen molar-refractivity contribution in [2.75, 3.05) is 39.4 Å². The third kappa shape index (κ3) is 2.92. The monoisotopic (exact) mass is 212 g/mol. The van der Waals surface area contributed by atoms with E-state index in [0.29, 0.717) is 6.04 Å². The van der Waals surface area contributed by atoms with E-state index in [-0.39, 0.29) is 0 Å². The van der Waals surface area contributed by atoms with Gasteiger partial charge in [0.1, 0.15) is 0 Å². The van der Waals surface area contributed by atoms with E-state index >= 15 is 0 Å². The van der Waals surface area contributed by atoms with Gasteiger partial charge in [-0.15, -0.1) is 0 Å². The van der Waals surface area contributed by atoms with Gasteiger partial charge in [0, 0.05) is 31.7 Å². The second-order valence-corrected chi connectivity index (χ2v) is 5.03. The summed E-state index contributed by atoms with van der Waals surface area (Å²) < 4.78 is 5.41. The minimum Gasteiger partial charge on any atom is -0.379 e. The first-order chi connectivity index (χ1) is 7.27. The summed E-state index contributed by atoms with van der Waals surface area (Å²) in [6.45, 7) is 11.3. The first kappa shape index (κ1) is 11.4. The molecule has 3 nitrogen and oxygen atoms in total. The van der Waals surface area contributed by atoms with E-state index < -0.39 is 0 Å². The molecule has 0 aliphatic carbocycles. The molecule has 0 aromatic heterocycles. The molecular formula is C12H24N2O. The van der Waals surface area contributed by atoms with E-state index in [1.54, 1.807) is 0 Å². The average Bonchev–Trinajstić information content (AvgIpc) is 2.30. The smallest absolute Gasteiger partial charge is 0.0594 e. The molecule has 0 amide bonds. The molecule has 15 heavy (non-hydrogen) atoms. The van der Waals surface area contributed by atoms with Crippen molar-refractivity contribution < 1.29 is 4.74 Å². The molecule has 0 bridgehead atoms. The molecule has 2 heterocycles. The topological polar surface area (TPSA) is 15.7 Å². The lowest BCUT2D eigenvalue weighted by molar-refractivity contribution is -0.00644. The van der Waals surface area contributed by atoms with Crippen molar-refractivity contribution >= 4 is 0 Å². The largest absolute Gasteiger partial charge is 0.379 e. The zero-order chi connectivity index (χ0) is 10.7. The van der Waals surface area contributed by atoms with Crippen LogP contribution in [0.3, 0.4) is 0 Å². The lowest BCUT2D eigenvalue weighted by atomic mass is 10.0. The second kappa shape index (κ2) is 5.28. The van der Waals surface area contributed by atoms with Gasteiger partial charge in [-0.2, -0.15) is 0 Å². The molecule has 0 N–H and O–H groups in total. The summed E-state index contributed by atoms with van der Waals surface area (Å²) in [5.41, 5.74) is 0. The Bertz CT molecular complexity index is 190. The third-order valence-electron chi connectivity index (χ3n) is 3.72. The number of ether oxygens (including phenoxy) is 1. The molecule has 0 radical (unpaired) electrons. The van der Waals surface area contributed by atoms with Gasteiger partial charge < -0.3 is 4.74 Å². The minimum absolute atomic E-state index is 0.703. The van der Waals surface area contributed by atoms with Crippen LogP contribution in [0.5, 0.6) is 0 Å². The van der Waals surface area contributed by atoms with Crippen LogP contribution in [0.2, 0.25) is 0 Å². The van der Waals surface area contributed by atoms with Crippen LogP contribution in [-0.4, -0.2) is 61.3 Å². The van der Waals surface area contributed by atoms with Gasteiger partial charge in [0.15, 0.2) is 0 Å². The molecule has 88 valence electrons. The van der Waals surface area contributed by atoms with Crippen molar-refractivity contribution in [3.63, 3.8) is 0 Å². The zero-order valence-electron chi connectivity index (χ0n) is 10.1. The Morgan fingerprint density at radius 1 is 1.13 bits per heavy atom. The summed E-state index contributed by atoms with van der Waals surface area (Å²) in [7, 11) is 0. The Kier molecular flexibility index (Phi) is 4.00. The van der Waals surface area contributed by atoms with Gasteiger partial charge in [-0.25, -0.2) is 0 Å². The molecule has 0 spiro atoms. The fourth-order valence-electron chi connectivity index (χ4n) is 2.69. The van der Waals surface area contributed by atoms with E-state index in [1.165, 1.54) is 25.9 Å². The summed E-state index contributed by atoms with van der Waals surface area (Å²) in [4.78, 5) is 5.24. The van der Waals surface area contributed by atoms with Gasteiger partial charge in [-0.1, -0.05) is 0 Å². The van der Waals surface area contributed by atoms with Crippen molar-refractivity contribution in [3.05, 3.63) is 0 Å². The van der Waals surface area contributed by atoms with Gasteiger partial charge in [-0.05, 0) is 33.2 Å². The third-order valence-corrected chi connectivity index (χ3v) is 3.72. The Hall–Kier alpha value is -0.120. The summed E-state index contributed by atoms with van der Waals surface area (Å²) in [5.74, 6) is 0. The van der Waals surface area contributed by atoms with E-state index in [1.807, 2.05) is 0 Å². The van der Waals surface area contributed by atoms with Gasteiger partial charge >= 0.3 is 0 Å². The van der Waals surface area contributed by atoms with Crippen LogP contribution in [0.4, 0.5) is 0 Å². The molecule has 0 aromatic carbocycles. The fourth-order valence-corrected chi connectivity index (χ4v) is 2.69. The standard InChI is InChI=1S/C12H24N2O/c1-11(2)14-5-3-4-12(10-14)13-6-8-15-9-7-13/h11-12H,3-10H2,1-2H3/t12-/m1/s1. The predicted octanol–water partition coefficient (Wildman–Crippen LogP) is 1.19. The molecule has 3 heteroatoms. The summed E-state index contributed by atoms with van der Waals surface area (Å²) in [5, 5.41) is 0. The molecule has 1 atom stereocenters. The Labute approximate surface area is 93.4 Å². The number of hydrogen-bond acceptors (Lipinski definition) is 3. The average molecular weight is 212 g/mol. The summed E-state index contributed by atoms with van der Waals surface area (Å²) in [6.07, 6.45) is 2.74. The maximum Gasteiger partial charge on any atom is 0.0594 e. The highest BCUT2D eigenvalue weighted by Gasteiger charge is 2.27. The SMILES string of the molecule is CC(C)N1CCC[C@@H](N2CCOCC2)C1. The highest BCUT2D eigenvalue weighted by Crippen LogP contribution is 2.18. The van der Waals surface area contributed by atoms with Crippen LogP contribution >= 0.6 is 0 Å². The van der Waals surface area contributed by atoms with Gasteiger partial charge in [0.25, 0.3) is 0 Å². The van der Waals surface area contributed by atoms with Crippen LogP contribution in [0.25, 0.3) is 0 Å². The number of rotatable bonds is 2. The molecular weight excluding hydrogens is 188 g/mol.